The lowest BCUT2D eigenvalue weighted by Gasteiger charge is -2.14. The van der Waals surface area contributed by atoms with Gasteiger partial charge in [-0.05, 0) is 0 Å². The molecule has 0 N–H and O–H groups in total. The summed E-state index contributed by atoms with van der Waals surface area (Å²) < 4.78 is 56.5. The molecule has 0 spiro atoms. The minimum Gasteiger partial charge on any atom is -0.460 e. The Kier molecular flexibility index (Phi) is 9.00. The fraction of sp³-hybridized carbons (Fsp3) is 0.600. The lowest BCUT2D eigenvalue weighted by molar-refractivity contribution is -0.180. The third-order valence-corrected chi connectivity index (χ3v) is 2.79. The molecular weight excluding hydrogens is 366 g/mol. The molecule has 0 atom stereocenters. The van der Waals surface area contributed by atoms with Gasteiger partial charge < -0.3 is 9.47 Å². The van der Waals surface area contributed by atoms with E-state index in [0.29, 0.717) is 0 Å². The van der Waals surface area contributed by atoms with E-state index in [2.05, 4.69) is 9.47 Å². The van der Waals surface area contributed by atoms with E-state index in [1.165, 1.54) is 0 Å². The summed E-state index contributed by atoms with van der Waals surface area (Å²) in [7, 11) is 0. The van der Waals surface area contributed by atoms with E-state index in [1.54, 1.807) is 0 Å². The van der Waals surface area contributed by atoms with Crippen molar-refractivity contribution < 1.29 is 36.6 Å². The monoisotopic (exact) mass is 374 g/mol. The molecule has 0 saturated heterocycles. The summed E-state index contributed by atoms with van der Waals surface area (Å²) in [6, 6.07) is 0. The Morgan fingerprint density at radius 1 is 1.00 bits per heavy atom. The third-order valence-electron chi connectivity index (χ3n) is 1.84. The molecular formula is C10H9Cl3F4O4. The van der Waals surface area contributed by atoms with Crippen LogP contribution in [0.15, 0.2) is 9.52 Å². The topological polar surface area (TPSA) is 52.6 Å². The molecule has 21 heavy (non-hydrogen) atoms. The van der Waals surface area contributed by atoms with Crippen molar-refractivity contribution in [1.82, 2.24) is 0 Å². The Hall–Kier alpha value is -0.730. The highest BCUT2D eigenvalue weighted by molar-refractivity contribution is 6.59. The van der Waals surface area contributed by atoms with Crippen LogP contribution in [-0.4, -0.2) is 37.5 Å². The van der Waals surface area contributed by atoms with Gasteiger partial charge in [0.05, 0.1) is 17.9 Å². The average molecular weight is 376 g/mol. The summed E-state index contributed by atoms with van der Waals surface area (Å²) in [4.78, 5) is 22.1. The van der Waals surface area contributed by atoms with E-state index in [-0.39, 0.29) is 9.52 Å². The van der Waals surface area contributed by atoms with Gasteiger partial charge in [0.25, 0.3) is 0 Å². The van der Waals surface area contributed by atoms with Gasteiger partial charge in [0, 0.05) is 0 Å². The van der Waals surface area contributed by atoms with Crippen molar-refractivity contribution in [2.24, 2.45) is 0 Å². The lowest BCUT2D eigenvalue weighted by Crippen LogP contribution is -2.33. The summed E-state index contributed by atoms with van der Waals surface area (Å²) in [6.45, 7) is -2.20. The molecule has 0 aromatic carbocycles. The van der Waals surface area contributed by atoms with Gasteiger partial charge in [0.15, 0.2) is 6.61 Å². The minimum atomic E-state index is -4.44. The number of esters is 2. The normalized spacial score (nSPS) is 11.2. The Morgan fingerprint density at radius 2 is 1.48 bits per heavy atom. The quantitative estimate of drug-likeness (QED) is 0.480. The van der Waals surface area contributed by atoms with E-state index in [4.69, 9.17) is 34.8 Å². The molecule has 0 amide bonds. The molecule has 4 nitrogen and oxygen atoms in total. The van der Waals surface area contributed by atoms with Crippen molar-refractivity contribution in [2.45, 2.75) is 25.2 Å². The zero-order valence-corrected chi connectivity index (χ0v) is 12.5. The van der Waals surface area contributed by atoms with Crippen molar-refractivity contribution >= 4 is 46.7 Å². The maximum Gasteiger partial charge on any atom is 0.340 e. The molecule has 122 valence electrons. The van der Waals surface area contributed by atoms with Crippen LogP contribution in [0.2, 0.25) is 0 Å². The molecule has 0 heterocycles. The van der Waals surface area contributed by atoms with Crippen LogP contribution in [0.5, 0.6) is 0 Å². The van der Waals surface area contributed by atoms with Crippen LogP contribution in [0.4, 0.5) is 17.6 Å². The number of halogens is 7. The van der Waals surface area contributed by atoms with Gasteiger partial charge in [-0.15, -0.1) is 0 Å². The second-order valence-electron chi connectivity index (χ2n) is 3.55. The van der Waals surface area contributed by atoms with Gasteiger partial charge in [0.2, 0.25) is 0 Å². The number of carbonyl (C=O) groups excluding carboxylic acids is 2. The number of rotatable bonds is 8. The third kappa shape index (κ3) is 9.00. The molecule has 0 fully saturated rings. The molecule has 0 unspecified atom stereocenters. The second kappa shape index (κ2) is 9.32. The Morgan fingerprint density at radius 3 is 1.90 bits per heavy atom. The molecule has 0 aliphatic rings. The Balaban J connectivity index is 3.99. The molecule has 0 rings (SSSR count). The summed E-state index contributed by atoms with van der Waals surface area (Å²) in [5, 5.41) is -0.147. The fourth-order valence-corrected chi connectivity index (χ4v) is 0.950. The van der Waals surface area contributed by atoms with Gasteiger partial charge in [0.1, 0.15) is 11.1 Å². The highest BCUT2D eigenvalue weighted by Crippen LogP contribution is 2.23. The zero-order valence-electron chi connectivity index (χ0n) is 10.2. The average Bonchev–Trinajstić information content (AvgIpc) is 2.39. The number of hydrogen-bond donors (Lipinski definition) is 0. The first-order valence-corrected chi connectivity index (χ1v) is 6.36. The van der Waals surface area contributed by atoms with Crippen LogP contribution in [0, 0.1) is 0 Å². The van der Waals surface area contributed by atoms with Gasteiger partial charge in [-0.1, -0.05) is 34.8 Å². The van der Waals surface area contributed by atoms with E-state index in [9.17, 15) is 27.2 Å². The number of carbonyl (C=O) groups is 2. The molecule has 0 aliphatic heterocycles. The van der Waals surface area contributed by atoms with Crippen LogP contribution in [0.25, 0.3) is 0 Å². The van der Waals surface area contributed by atoms with E-state index in [1.807, 2.05) is 0 Å². The maximum absolute atomic E-state index is 12.4. The SMILES string of the molecule is O=C(CCC(=O)OCC(F)(F)C(F)F)OCC(Cl)=C(Cl)Cl. The summed E-state index contributed by atoms with van der Waals surface area (Å²) >= 11 is 16.0. The summed E-state index contributed by atoms with van der Waals surface area (Å²) in [6.07, 6.45) is -5.08. The van der Waals surface area contributed by atoms with Crippen molar-refractivity contribution in [2.75, 3.05) is 13.2 Å². The molecule has 11 heteroatoms. The van der Waals surface area contributed by atoms with Crippen LogP contribution in [0.1, 0.15) is 12.8 Å². The highest BCUT2D eigenvalue weighted by Gasteiger charge is 2.42. The summed E-state index contributed by atoms with van der Waals surface area (Å²) in [5.41, 5.74) is 0. The van der Waals surface area contributed by atoms with Gasteiger partial charge in [-0.3, -0.25) is 9.59 Å². The minimum absolute atomic E-state index is 0.147. The molecule has 0 radical (unpaired) electrons. The largest absolute Gasteiger partial charge is 0.460 e. The van der Waals surface area contributed by atoms with Gasteiger partial charge in [-0.25, -0.2) is 8.78 Å². The van der Waals surface area contributed by atoms with Crippen LogP contribution < -0.4 is 0 Å². The zero-order chi connectivity index (χ0) is 16.6. The first-order chi connectivity index (χ1) is 9.56. The fourth-order valence-electron chi connectivity index (χ4n) is 0.787. The smallest absolute Gasteiger partial charge is 0.340 e. The van der Waals surface area contributed by atoms with E-state index < -0.39 is 50.3 Å². The molecule has 0 bridgehead atoms. The molecule has 0 saturated carbocycles. The predicted octanol–water partition coefficient (Wildman–Crippen LogP) is 3.64. The van der Waals surface area contributed by atoms with Crippen LogP contribution >= 0.6 is 34.8 Å². The lowest BCUT2D eigenvalue weighted by atomic mass is 10.3. The number of ether oxygens (including phenoxy) is 2. The van der Waals surface area contributed by atoms with Gasteiger partial charge in [-0.2, -0.15) is 8.78 Å². The number of hydrogen-bond acceptors (Lipinski definition) is 4. The van der Waals surface area contributed by atoms with Crippen molar-refractivity contribution in [1.29, 1.82) is 0 Å². The first-order valence-electron chi connectivity index (χ1n) is 5.23. The molecule has 0 aromatic rings. The maximum atomic E-state index is 12.4. The van der Waals surface area contributed by atoms with Crippen LogP contribution in [0.3, 0.4) is 0 Å². The van der Waals surface area contributed by atoms with E-state index >= 15 is 0 Å². The Bertz CT molecular complexity index is 411. The first kappa shape index (κ1) is 20.3. The van der Waals surface area contributed by atoms with Crippen LogP contribution in [-0.2, 0) is 19.1 Å². The van der Waals surface area contributed by atoms with E-state index in [0.717, 1.165) is 0 Å². The standard InChI is InChI=1S/C10H9Cl3F4O4/c11-5(8(12)13)3-20-6(18)1-2-7(19)21-4-10(16,17)9(14)15/h9H,1-4H2. The Labute approximate surface area is 131 Å². The predicted molar refractivity (Wildman–Crippen MR) is 66.7 cm³/mol. The van der Waals surface area contributed by atoms with Gasteiger partial charge >= 0.3 is 24.3 Å². The summed E-state index contributed by atoms with van der Waals surface area (Å²) in [5.74, 6) is -6.59. The second-order valence-corrected chi connectivity index (χ2v) is 4.95. The molecule has 0 aliphatic carbocycles. The van der Waals surface area contributed by atoms with Crippen molar-refractivity contribution in [3.8, 4) is 0 Å². The highest BCUT2D eigenvalue weighted by atomic mass is 35.5. The molecule has 0 aromatic heterocycles. The van der Waals surface area contributed by atoms with Crippen molar-refractivity contribution in [3.63, 3.8) is 0 Å². The van der Waals surface area contributed by atoms with Crippen molar-refractivity contribution in [3.05, 3.63) is 9.52 Å². The number of alkyl halides is 4.